The van der Waals surface area contributed by atoms with Crippen molar-refractivity contribution in [1.29, 1.82) is 5.26 Å². The summed E-state index contributed by atoms with van der Waals surface area (Å²) in [6.45, 7) is 0. The third kappa shape index (κ3) is 2.29. The van der Waals surface area contributed by atoms with Gasteiger partial charge in [-0.2, -0.15) is 5.26 Å². The number of primary amides is 1. The summed E-state index contributed by atoms with van der Waals surface area (Å²) in [6, 6.07) is 9.73. The number of nitrogens with one attached hydrogen (secondary N) is 1. The van der Waals surface area contributed by atoms with Gasteiger partial charge in [0, 0.05) is 11.0 Å². The molecule has 0 saturated heterocycles. The first kappa shape index (κ1) is 13.7. The monoisotopic (exact) mass is 281 g/mol. The van der Waals surface area contributed by atoms with Crippen molar-refractivity contribution in [3.05, 3.63) is 41.0 Å². The molecule has 1 aromatic carbocycles. The quantitative estimate of drug-likeness (QED) is 0.829. The Hall–Kier alpha value is -2.28. The Morgan fingerprint density at radius 2 is 1.95 bits per heavy atom. The van der Waals surface area contributed by atoms with Crippen molar-refractivity contribution in [3.63, 3.8) is 0 Å². The highest BCUT2D eigenvalue weighted by Gasteiger charge is 2.42. The highest BCUT2D eigenvalue weighted by molar-refractivity contribution is 5.88. The molecule has 3 rings (SSSR count). The van der Waals surface area contributed by atoms with Crippen LogP contribution in [-0.4, -0.2) is 6.03 Å². The van der Waals surface area contributed by atoms with Crippen LogP contribution in [0.5, 0.6) is 0 Å². The van der Waals surface area contributed by atoms with Crippen molar-refractivity contribution < 1.29 is 4.79 Å². The Labute approximate surface area is 124 Å². The number of hydrogen-bond acceptors (Lipinski definition) is 2. The van der Waals surface area contributed by atoms with E-state index in [4.69, 9.17) is 5.73 Å². The van der Waals surface area contributed by atoms with Crippen molar-refractivity contribution >= 4 is 11.7 Å². The van der Waals surface area contributed by atoms with E-state index >= 15 is 0 Å². The number of carbonyl (C=O) groups is 1. The molecule has 0 aliphatic heterocycles. The van der Waals surface area contributed by atoms with E-state index in [9.17, 15) is 10.1 Å². The Kier molecular flexibility index (Phi) is 3.42. The van der Waals surface area contributed by atoms with E-state index in [1.165, 1.54) is 12.0 Å². The smallest absolute Gasteiger partial charge is 0.316 e. The molecular formula is C17H19N3O. The van der Waals surface area contributed by atoms with E-state index in [0.717, 1.165) is 37.7 Å². The van der Waals surface area contributed by atoms with E-state index in [1.807, 2.05) is 18.2 Å². The predicted octanol–water partition coefficient (Wildman–Crippen LogP) is 3.10. The second kappa shape index (κ2) is 5.25. The molecule has 3 N–H and O–H groups in total. The minimum Gasteiger partial charge on any atom is -0.351 e. The van der Waals surface area contributed by atoms with Crippen LogP contribution in [0.15, 0.2) is 29.8 Å². The van der Waals surface area contributed by atoms with Gasteiger partial charge in [0.15, 0.2) is 0 Å². The molecule has 0 radical (unpaired) electrons. The molecule has 21 heavy (non-hydrogen) atoms. The third-order valence-electron chi connectivity index (χ3n) is 4.77. The van der Waals surface area contributed by atoms with Crippen LogP contribution in [-0.2, 0) is 6.42 Å². The van der Waals surface area contributed by atoms with Gasteiger partial charge in [-0.25, -0.2) is 4.79 Å². The Bertz CT molecular complexity index is 648. The minimum absolute atomic E-state index is 0.126. The SMILES string of the molecule is N#CC1=C(NC(N)=O)c2ccccc2CC12CCCCC2. The maximum absolute atomic E-state index is 11.4. The molecule has 1 saturated carbocycles. The van der Waals surface area contributed by atoms with Gasteiger partial charge in [0.25, 0.3) is 0 Å². The average molecular weight is 281 g/mol. The number of nitriles is 1. The van der Waals surface area contributed by atoms with Crippen molar-refractivity contribution in [2.75, 3.05) is 0 Å². The lowest BCUT2D eigenvalue weighted by molar-refractivity contribution is 0.240. The van der Waals surface area contributed by atoms with E-state index in [-0.39, 0.29) is 5.41 Å². The molecule has 1 fully saturated rings. The van der Waals surface area contributed by atoms with Crippen LogP contribution in [0.4, 0.5) is 4.79 Å². The zero-order valence-corrected chi connectivity index (χ0v) is 12.0. The number of carbonyl (C=O) groups excluding carboxylic acids is 1. The molecule has 0 unspecified atom stereocenters. The van der Waals surface area contributed by atoms with Gasteiger partial charge in [-0.05, 0) is 24.8 Å². The molecule has 1 spiro atoms. The van der Waals surface area contributed by atoms with E-state index < -0.39 is 6.03 Å². The molecular weight excluding hydrogens is 262 g/mol. The molecule has 0 atom stereocenters. The number of rotatable bonds is 1. The first-order chi connectivity index (χ1) is 10.2. The summed E-state index contributed by atoms with van der Waals surface area (Å²) in [7, 11) is 0. The molecule has 0 bridgehead atoms. The van der Waals surface area contributed by atoms with Crippen LogP contribution in [0.25, 0.3) is 5.70 Å². The zero-order valence-electron chi connectivity index (χ0n) is 12.0. The van der Waals surface area contributed by atoms with Gasteiger partial charge in [-0.1, -0.05) is 43.5 Å². The Balaban J connectivity index is 2.18. The number of amides is 2. The third-order valence-corrected chi connectivity index (χ3v) is 4.77. The fourth-order valence-corrected chi connectivity index (χ4v) is 3.85. The predicted molar refractivity (Wildman–Crippen MR) is 80.9 cm³/mol. The highest BCUT2D eigenvalue weighted by Crippen LogP contribution is 2.50. The standard InChI is InChI=1S/C17H19N3O/c18-11-14-15(20-16(19)21)13-7-3-2-6-12(13)10-17(14)8-4-1-5-9-17/h2-3,6-7H,1,4-5,8-10H2,(H3,19,20,21). The second-order valence-corrected chi connectivity index (χ2v) is 6.03. The van der Waals surface area contributed by atoms with Crippen molar-refractivity contribution in [2.45, 2.75) is 38.5 Å². The molecule has 4 heteroatoms. The lowest BCUT2D eigenvalue weighted by Gasteiger charge is -2.41. The molecule has 0 aromatic heterocycles. The van der Waals surface area contributed by atoms with Crippen LogP contribution >= 0.6 is 0 Å². The fraction of sp³-hybridized carbons (Fsp3) is 0.412. The summed E-state index contributed by atoms with van der Waals surface area (Å²) in [5, 5.41) is 12.4. The number of fused-ring (bicyclic) bond motifs is 1. The van der Waals surface area contributed by atoms with Crippen LogP contribution in [0.3, 0.4) is 0 Å². The van der Waals surface area contributed by atoms with E-state index in [2.05, 4.69) is 17.5 Å². The lowest BCUT2D eigenvalue weighted by atomic mass is 9.62. The maximum atomic E-state index is 11.4. The van der Waals surface area contributed by atoms with Gasteiger partial charge in [0.05, 0.1) is 17.3 Å². The normalized spacial score (nSPS) is 19.8. The van der Waals surface area contributed by atoms with Crippen molar-refractivity contribution in [2.24, 2.45) is 11.1 Å². The van der Waals surface area contributed by atoms with Gasteiger partial charge in [-0.3, -0.25) is 0 Å². The Morgan fingerprint density at radius 3 is 2.62 bits per heavy atom. The summed E-state index contributed by atoms with van der Waals surface area (Å²) in [6.07, 6.45) is 6.40. The van der Waals surface area contributed by atoms with Crippen LogP contribution in [0.1, 0.15) is 43.2 Å². The Morgan fingerprint density at radius 1 is 1.24 bits per heavy atom. The van der Waals surface area contributed by atoms with Gasteiger partial charge in [-0.15, -0.1) is 0 Å². The van der Waals surface area contributed by atoms with Crippen LogP contribution < -0.4 is 11.1 Å². The number of benzene rings is 1. The first-order valence-corrected chi connectivity index (χ1v) is 7.46. The summed E-state index contributed by atoms with van der Waals surface area (Å²) in [5.74, 6) is 0. The molecule has 108 valence electrons. The average Bonchev–Trinajstić information content (AvgIpc) is 2.48. The molecule has 2 aliphatic carbocycles. The number of nitrogens with zero attached hydrogens (tertiary/aromatic N) is 1. The maximum Gasteiger partial charge on any atom is 0.316 e. The number of urea groups is 1. The van der Waals surface area contributed by atoms with Crippen molar-refractivity contribution in [3.8, 4) is 6.07 Å². The van der Waals surface area contributed by atoms with E-state index in [0.29, 0.717) is 11.3 Å². The fourth-order valence-electron chi connectivity index (χ4n) is 3.85. The summed E-state index contributed by atoms with van der Waals surface area (Å²) < 4.78 is 0. The minimum atomic E-state index is -0.611. The highest BCUT2D eigenvalue weighted by atomic mass is 16.2. The van der Waals surface area contributed by atoms with Gasteiger partial charge in [0.2, 0.25) is 0 Å². The summed E-state index contributed by atoms with van der Waals surface area (Å²) >= 11 is 0. The molecule has 2 aliphatic rings. The molecule has 1 aromatic rings. The second-order valence-electron chi connectivity index (χ2n) is 6.03. The van der Waals surface area contributed by atoms with Gasteiger partial charge < -0.3 is 11.1 Å². The zero-order chi connectivity index (χ0) is 14.9. The molecule has 4 nitrogen and oxygen atoms in total. The summed E-state index contributed by atoms with van der Waals surface area (Å²) in [4.78, 5) is 11.4. The first-order valence-electron chi connectivity index (χ1n) is 7.46. The summed E-state index contributed by atoms with van der Waals surface area (Å²) in [5.41, 5.74) is 8.65. The largest absolute Gasteiger partial charge is 0.351 e. The topological polar surface area (TPSA) is 78.9 Å². The van der Waals surface area contributed by atoms with Crippen LogP contribution in [0, 0.1) is 16.7 Å². The number of hydrogen-bond donors (Lipinski definition) is 2. The molecule has 0 heterocycles. The molecule has 2 amide bonds. The number of allylic oxidation sites excluding steroid dienone is 1. The van der Waals surface area contributed by atoms with Crippen molar-refractivity contribution in [1.82, 2.24) is 5.32 Å². The van der Waals surface area contributed by atoms with Gasteiger partial charge >= 0.3 is 6.03 Å². The number of nitrogens with two attached hydrogens (primary N) is 1. The lowest BCUT2D eigenvalue weighted by Crippen LogP contribution is -2.38. The van der Waals surface area contributed by atoms with Gasteiger partial charge in [0.1, 0.15) is 0 Å². The van der Waals surface area contributed by atoms with Crippen LogP contribution in [0.2, 0.25) is 0 Å². The van der Waals surface area contributed by atoms with E-state index in [1.54, 1.807) is 0 Å².